The smallest absolute Gasteiger partial charge is 0.255 e. The number of allylic oxidation sites excluding steroid dienone is 1. The molecule has 2 heterocycles. The molecule has 0 bridgehead atoms. The number of nitrogens with one attached hydrogen (secondary N) is 2. The van der Waals surface area contributed by atoms with Gasteiger partial charge in [-0.2, -0.15) is 4.98 Å². The first-order valence-corrected chi connectivity index (χ1v) is 11.9. The van der Waals surface area contributed by atoms with Crippen molar-refractivity contribution in [3.05, 3.63) is 59.3 Å². The van der Waals surface area contributed by atoms with Crippen molar-refractivity contribution in [2.45, 2.75) is 32.0 Å². The number of benzene rings is 2. The van der Waals surface area contributed by atoms with Crippen LogP contribution in [0.2, 0.25) is 0 Å². The van der Waals surface area contributed by atoms with Gasteiger partial charge < -0.3 is 25.2 Å². The first-order valence-electron chi connectivity index (χ1n) is 10.9. The van der Waals surface area contributed by atoms with E-state index in [1.165, 1.54) is 11.8 Å². The minimum Gasteiger partial charge on any atom is -0.504 e. The summed E-state index contributed by atoms with van der Waals surface area (Å²) >= 11 is 1.51. The lowest BCUT2D eigenvalue weighted by atomic mass is 9.94. The molecule has 10 heteroatoms. The molecular weight excluding hydrogens is 454 g/mol. The van der Waals surface area contributed by atoms with E-state index in [1.807, 2.05) is 32.9 Å². The number of rotatable bonds is 8. The van der Waals surface area contributed by atoms with Crippen molar-refractivity contribution < 1.29 is 19.4 Å². The molecule has 3 aromatic rings. The molecule has 0 saturated carbocycles. The monoisotopic (exact) mass is 481 g/mol. The lowest BCUT2D eigenvalue weighted by molar-refractivity contribution is -0.113. The highest BCUT2D eigenvalue weighted by Gasteiger charge is 2.35. The summed E-state index contributed by atoms with van der Waals surface area (Å²) in [4.78, 5) is 18.2. The Hall–Kier alpha value is -3.66. The second-order valence-electron chi connectivity index (χ2n) is 7.48. The third-order valence-corrected chi connectivity index (χ3v) is 6.03. The van der Waals surface area contributed by atoms with Gasteiger partial charge in [-0.05, 0) is 49.4 Å². The summed E-state index contributed by atoms with van der Waals surface area (Å²) in [6.07, 6.45) is 0. The van der Waals surface area contributed by atoms with E-state index in [9.17, 15) is 9.90 Å². The molecule has 1 aliphatic heterocycles. The Morgan fingerprint density at radius 2 is 2.03 bits per heavy atom. The van der Waals surface area contributed by atoms with E-state index in [4.69, 9.17) is 9.47 Å². The molecule has 1 amide bonds. The molecule has 0 aliphatic carbocycles. The average Bonchev–Trinajstić information content (AvgIpc) is 3.22. The second kappa shape index (κ2) is 10.1. The van der Waals surface area contributed by atoms with Crippen LogP contribution in [0.4, 0.5) is 11.6 Å². The number of para-hydroxylation sites is 2. The Morgan fingerprint density at radius 1 is 1.24 bits per heavy atom. The zero-order chi connectivity index (χ0) is 24.2. The zero-order valence-electron chi connectivity index (χ0n) is 19.5. The number of amides is 1. The number of hydrogen-bond acceptors (Lipinski definition) is 8. The number of hydrogen-bond donors (Lipinski definition) is 3. The third-order valence-electron chi connectivity index (χ3n) is 5.31. The average molecular weight is 482 g/mol. The van der Waals surface area contributed by atoms with Crippen molar-refractivity contribution in [1.29, 1.82) is 0 Å². The van der Waals surface area contributed by atoms with Crippen molar-refractivity contribution in [1.82, 2.24) is 14.8 Å². The molecule has 34 heavy (non-hydrogen) atoms. The van der Waals surface area contributed by atoms with Crippen LogP contribution in [0.5, 0.6) is 17.2 Å². The first kappa shape index (κ1) is 23.5. The molecule has 1 atom stereocenters. The number of fused-ring (bicyclic) bond motifs is 1. The van der Waals surface area contributed by atoms with Crippen LogP contribution in [-0.4, -0.2) is 45.2 Å². The summed E-state index contributed by atoms with van der Waals surface area (Å²) in [5.41, 5.74) is 2.40. The Bertz CT molecular complexity index is 1240. The van der Waals surface area contributed by atoms with Crippen molar-refractivity contribution in [3.63, 3.8) is 0 Å². The summed E-state index contributed by atoms with van der Waals surface area (Å²) < 4.78 is 12.7. The Kier molecular flexibility index (Phi) is 6.97. The van der Waals surface area contributed by atoms with E-state index in [0.717, 1.165) is 11.3 Å². The van der Waals surface area contributed by atoms with Gasteiger partial charge in [-0.1, -0.05) is 36.9 Å². The van der Waals surface area contributed by atoms with E-state index in [0.29, 0.717) is 46.2 Å². The summed E-state index contributed by atoms with van der Waals surface area (Å²) in [6, 6.07) is 11.7. The largest absolute Gasteiger partial charge is 0.504 e. The number of phenolic OH excluding ortho intramolecular Hbond substituents is 1. The number of carbonyl (C=O) groups excluding carboxylic acids is 1. The number of ether oxygens (including phenoxy) is 2. The van der Waals surface area contributed by atoms with Crippen LogP contribution in [0.3, 0.4) is 0 Å². The van der Waals surface area contributed by atoms with Gasteiger partial charge in [-0.25, -0.2) is 4.68 Å². The van der Waals surface area contributed by atoms with E-state index in [-0.39, 0.29) is 11.7 Å². The molecule has 0 unspecified atom stereocenters. The predicted molar refractivity (Wildman–Crippen MR) is 132 cm³/mol. The van der Waals surface area contributed by atoms with E-state index < -0.39 is 6.04 Å². The minimum absolute atomic E-state index is 0.0290. The maximum absolute atomic E-state index is 13.6. The quantitative estimate of drug-likeness (QED) is 0.405. The van der Waals surface area contributed by atoms with Crippen LogP contribution in [0.25, 0.3) is 0 Å². The van der Waals surface area contributed by atoms with Gasteiger partial charge in [0, 0.05) is 5.70 Å². The molecule has 0 fully saturated rings. The highest BCUT2D eigenvalue weighted by Crippen LogP contribution is 2.40. The molecule has 0 saturated heterocycles. The molecule has 3 N–H and O–H groups in total. The SMILES string of the molecule is CCOc1cc([C@H]2C(C(=O)Nc3ccccc3OC)=C(C)Nc3nc(SCC)nn32)ccc1O. The fourth-order valence-corrected chi connectivity index (χ4v) is 4.39. The van der Waals surface area contributed by atoms with Crippen LogP contribution in [0.1, 0.15) is 32.4 Å². The molecule has 1 aliphatic rings. The van der Waals surface area contributed by atoms with Crippen LogP contribution in [-0.2, 0) is 4.79 Å². The van der Waals surface area contributed by atoms with Gasteiger partial charge >= 0.3 is 0 Å². The maximum Gasteiger partial charge on any atom is 0.255 e. The van der Waals surface area contributed by atoms with Gasteiger partial charge in [0.05, 0.1) is 25.0 Å². The Morgan fingerprint density at radius 3 is 2.76 bits per heavy atom. The van der Waals surface area contributed by atoms with Crippen molar-refractivity contribution in [2.24, 2.45) is 0 Å². The van der Waals surface area contributed by atoms with Gasteiger partial charge in [0.15, 0.2) is 11.5 Å². The van der Waals surface area contributed by atoms with Crippen molar-refractivity contribution in [3.8, 4) is 17.2 Å². The lowest BCUT2D eigenvalue weighted by Crippen LogP contribution is -2.31. The Labute approximate surface area is 202 Å². The van der Waals surface area contributed by atoms with Gasteiger partial charge in [-0.15, -0.1) is 5.10 Å². The van der Waals surface area contributed by atoms with Crippen molar-refractivity contribution in [2.75, 3.05) is 30.1 Å². The fraction of sp³-hybridized carbons (Fsp3) is 0.292. The second-order valence-corrected chi connectivity index (χ2v) is 8.71. The zero-order valence-corrected chi connectivity index (χ0v) is 20.3. The number of thioether (sulfide) groups is 1. The van der Waals surface area contributed by atoms with Gasteiger partial charge in [0.25, 0.3) is 5.91 Å². The number of carbonyl (C=O) groups is 1. The predicted octanol–water partition coefficient (Wildman–Crippen LogP) is 4.43. The summed E-state index contributed by atoms with van der Waals surface area (Å²) in [7, 11) is 1.56. The maximum atomic E-state index is 13.6. The van der Waals surface area contributed by atoms with Crippen LogP contribution in [0.15, 0.2) is 58.9 Å². The number of phenols is 1. The number of anilines is 2. The van der Waals surface area contributed by atoms with Crippen LogP contribution >= 0.6 is 11.8 Å². The summed E-state index contributed by atoms with van der Waals surface area (Å²) in [5, 5.41) is 21.7. The molecular formula is C24H27N5O4S. The topological polar surface area (TPSA) is 111 Å². The molecule has 0 spiro atoms. The van der Waals surface area contributed by atoms with E-state index >= 15 is 0 Å². The van der Waals surface area contributed by atoms with Gasteiger partial charge in [-0.3, -0.25) is 4.79 Å². The standard InChI is InChI=1S/C24H27N5O4S/c1-5-33-19-13-15(11-12-17(19)30)21-20(22(31)26-16-9-7-8-10-18(16)32-4)14(3)25-23-27-24(34-6-2)28-29(21)23/h7-13,21,30H,5-6H2,1-4H3,(H,26,31)(H,25,27,28)/t21-/m0/s1. The number of aromatic hydroxyl groups is 1. The normalized spacial score (nSPS) is 14.9. The highest BCUT2D eigenvalue weighted by atomic mass is 32.2. The van der Waals surface area contributed by atoms with Gasteiger partial charge in [0.2, 0.25) is 11.1 Å². The summed E-state index contributed by atoms with van der Waals surface area (Å²) in [5.74, 6) is 1.97. The van der Waals surface area contributed by atoms with E-state index in [2.05, 4.69) is 20.7 Å². The number of methoxy groups -OCH3 is 1. The molecule has 1 aromatic heterocycles. The van der Waals surface area contributed by atoms with Crippen LogP contribution in [0, 0.1) is 0 Å². The third kappa shape index (κ3) is 4.54. The van der Waals surface area contributed by atoms with E-state index in [1.54, 1.807) is 42.1 Å². The van der Waals surface area contributed by atoms with Crippen LogP contribution < -0.4 is 20.1 Å². The lowest BCUT2D eigenvalue weighted by Gasteiger charge is -2.29. The molecule has 2 aromatic carbocycles. The first-order chi connectivity index (χ1) is 16.5. The highest BCUT2D eigenvalue weighted by molar-refractivity contribution is 7.99. The number of nitrogens with zero attached hydrogens (tertiary/aromatic N) is 3. The molecule has 178 valence electrons. The number of aromatic nitrogens is 3. The molecule has 9 nitrogen and oxygen atoms in total. The molecule has 4 rings (SSSR count). The molecule has 0 radical (unpaired) electrons. The minimum atomic E-state index is -0.593. The van der Waals surface area contributed by atoms with Gasteiger partial charge in [0.1, 0.15) is 11.8 Å². The fourth-order valence-electron chi connectivity index (χ4n) is 3.83. The van der Waals surface area contributed by atoms with Crippen molar-refractivity contribution >= 4 is 29.3 Å². The Balaban J connectivity index is 1.81. The summed E-state index contributed by atoms with van der Waals surface area (Å²) in [6.45, 7) is 6.10.